The molecule has 0 bridgehead atoms. The van der Waals surface area contributed by atoms with Gasteiger partial charge in [-0.1, -0.05) is 13.8 Å². The molecule has 0 aliphatic carbocycles. The topological polar surface area (TPSA) is 45.0 Å². The van der Waals surface area contributed by atoms with E-state index >= 15 is 0 Å². The van der Waals surface area contributed by atoms with Gasteiger partial charge in [0.2, 0.25) is 0 Å². The maximum absolute atomic E-state index is 8.78. The standard InChI is InChI=1S/C11H18N2O/c1-7(2)10(5-6-12)11-8(3)13-14-9(11)4/h7-8,10,13H,5H2,1-4H3. The van der Waals surface area contributed by atoms with E-state index in [1.807, 2.05) is 6.92 Å². The molecule has 0 aromatic heterocycles. The molecule has 1 heterocycles. The molecule has 0 amide bonds. The third-order valence-electron chi connectivity index (χ3n) is 2.78. The van der Waals surface area contributed by atoms with Crippen LogP contribution in [0, 0.1) is 23.2 Å². The zero-order valence-corrected chi connectivity index (χ0v) is 9.29. The molecule has 3 heteroatoms. The summed E-state index contributed by atoms with van der Waals surface area (Å²) in [4.78, 5) is 5.28. The van der Waals surface area contributed by atoms with Crippen LogP contribution in [0.3, 0.4) is 0 Å². The Kier molecular flexibility index (Phi) is 3.54. The summed E-state index contributed by atoms with van der Waals surface area (Å²) < 4.78 is 0. The van der Waals surface area contributed by atoms with Crippen LogP contribution in [0.2, 0.25) is 0 Å². The molecule has 0 spiro atoms. The minimum Gasteiger partial charge on any atom is -0.413 e. The van der Waals surface area contributed by atoms with Crippen LogP contribution in [0.1, 0.15) is 34.1 Å². The van der Waals surface area contributed by atoms with Crippen LogP contribution in [-0.2, 0) is 4.84 Å². The van der Waals surface area contributed by atoms with Gasteiger partial charge in [-0.05, 0) is 25.3 Å². The highest BCUT2D eigenvalue weighted by atomic mass is 16.7. The van der Waals surface area contributed by atoms with Crippen molar-refractivity contribution in [2.24, 2.45) is 11.8 Å². The van der Waals surface area contributed by atoms with E-state index < -0.39 is 0 Å². The van der Waals surface area contributed by atoms with E-state index in [1.165, 1.54) is 5.57 Å². The molecule has 1 rings (SSSR count). The molecule has 1 aliphatic rings. The Hall–Kier alpha value is -1.01. The van der Waals surface area contributed by atoms with Crippen molar-refractivity contribution in [3.05, 3.63) is 11.3 Å². The lowest BCUT2D eigenvalue weighted by atomic mass is 9.82. The fraction of sp³-hybridized carbons (Fsp3) is 0.727. The predicted molar refractivity (Wildman–Crippen MR) is 54.9 cm³/mol. The van der Waals surface area contributed by atoms with Crippen molar-refractivity contribution in [1.29, 1.82) is 5.26 Å². The predicted octanol–water partition coefficient (Wildman–Crippen LogP) is 2.37. The molecule has 0 aromatic rings. The Morgan fingerprint density at radius 1 is 1.57 bits per heavy atom. The van der Waals surface area contributed by atoms with Crippen LogP contribution >= 0.6 is 0 Å². The molecule has 0 saturated heterocycles. The smallest absolute Gasteiger partial charge is 0.122 e. The third-order valence-corrected chi connectivity index (χ3v) is 2.78. The maximum Gasteiger partial charge on any atom is 0.122 e. The van der Waals surface area contributed by atoms with E-state index in [-0.39, 0.29) is 6.04 Å². The summed E-state index contributed by atoms with van der Waals surface area (Å²) in [5, 5.41) is 8.78. The summed E-state index contributed by atoms with van der Waals surface area (Å²) in [5.41, 5.74) is 4.18. The molecule has 2 unspecified atom stereocenters. The molecule has 1 aliphatic heterocycles. The summed E-state index contributed by atoms with van der Waals surface area (Å²) >= 11 is 0. The van der Waals surface area contributed by atoms with Gasteiger partial charge < -0.3 is 4.84 Å². The van der Waals surface area contributed by atoms with Crippen molar-refractivity contribution in [2.75, 3.05) is 0 Å². The molecule has 14 heavy (non-hydrogen) atoms. The lowest BCUT2D eigenvalue weighted by molar-refractivity contribution is 0.121. The zero-order chi connectivity index (χ0) is 10.7. The van der Waals surface area contributed by atoms with Gasteiger partial charge in [-0.15, -0.1) is 0 Å². The first-order chi connectivity index (χ1) is 6.57. The first-order valence-electron chi connectivity index (χ1n) is 5.08. The van der Waals surface area contributed by atoms with E-state index in [4.69, 9.17) is 10.1 Å². The molecule has 0 saturated carbocycles. The fourth-order valence-corrected chi connectivity index (χ4v) is 1.99. The number of rotatable bonds is 3. The highest BCUT2D eigenvalue weighted by Crippen LogP contribution is 2.31. The second-order valence-corrected chi connectivity index (χ2v) is 4.17. The summed E-state index contributed by atoms with van der Waals surface area (Å²) in [7, 11) is 0. The van der Waals surface area contributed by atoms with E-state index in [0.717, 1.165) is 5.76 Å². The number of hydrogen-bond acceptors (Lipinski definition) is 3. The quantitative estimate of drug-likeness (QED) is 0.750. The Morgan fingerprint density at radius 3 is 2.57 bits per heavy atom. The number of hydrogen-bond donors (Lipinski definition) is 1. The minimum atomic E-state index is 0.232. The molecule has 1 N–H and O–H groups in total. The summed E-state index contributed by atoms with van der Waals surface area (Å²) in [5.74, 6) is 1.72. The SMILES string of the molecule is CC1=C(C(CC#N)C(C)C)C(C)NO1. The van der Waals surface area contributed by atoms with Crippen LogP contribution in [0.5, 0.6) is 0 Å². The minimum absolute atomic E-state index is 0.232. The van der Waals surface area contributed by atoms with E-state index in [9.17, 15) is 0 Å². The molecular weight excluding hydrogens is 176 g/mol. The van der Waals surface area contributed by atoms with Gasteiger partial charge in [0.05, 0.1) is 12.1 Å². The van der Waals surface area contributed by atoms with Crippen molar-refractivity contribution in [1.82, 2.24) is 5.48 Å². The van der Waals surface area contributed by atoms with Gasteiger partial charge in [-0.3, -0.25) is 0 Å². The molecule has 0 aromatic carbocycles. The van der Waals surface area contributed by atoms with Gasteiger partial charge in [0.15, 0.2) is 0 Å². The highest BCUT2D eigenvalue weighted by Gasteiger charge is 2.29. The summed E-state index contributed by atoms with van der Waals surface area (Å²) in [6.07, 6.45) is 0.569. The van der Waals surface area contributed by atoms with Gasteiger partial charge in [0, 0.05) is 12.3 Å². The lowest BCUT2D eigenvalue weighted by Gasteiger charge is -2.21. The number of nitriles is 1. The Balaban J connectivity index is 2.88. The van der Waals surface area contributed by atoms with Crippen LogP contribution in [0.25, 0.3) is 0 Å². The number of nitrogens with one attached hydrogen (secondary N) is 1. The van der Waals surface area contributed by atoms with Gasteiger partial charge >= 0.3 is 0 Å². The van der Waals surface area contributed by atoms with Crippen LogP contribution in [-0.4, -0.2) is 6.04 Å². The van der Waals surface area contributed by atoms with Crippen molar-refractivity contribution in [3.8, 4) is 6.07 Å². The fourth-order valence-electron chi connectivity index (χ4n) is 1.99. The molecule has 0 radical (unpaired) electrons. The monoisotopic (exact) mass is 194 g/mol. The highest BCUT2D eigenvalue weighted by molar-refractivity contribution is 5.21. The normalized spacial score (nSPS) is 23.6. The van der Waals surface area contributed by atoms with E-state index in [2.05, 4.69) is 32.3 Å². The maximum atomic E-state index is 8.78. The molecule has 2 atom stereocenters. The number of allylic oxidation sites excluding steroid dienone is 1. The van der Waals surface area contributed by atoms with Crippen molar-refractivity contribution < 1.29 is 4.84 Å². The van der Waals surface area contributed by atoms with Gasteiger partial charge in [-0.2, -0.15) is 10.7 Å². The third kappa shape index (κ3) is 2.08. The van der Waals surface area contributed by atoms with E-state index in [1.54, 1.807) is 0 Å². The van der Waals surface area contributed by atoms with Gasteiger partial charge in [0.25, 0.3) is 0 Å². The van der Waals surface area contributed by atoms with Crippen molar-refractivity contribution in [3.63, 3.8) is 0 Å². The first-order valence-corrected chi connectivity index (χ1v) is 5.08. The average Bonchev–Trinajstić information content (AvgIpc) is 2.43. The second kappa shape index (κ2) is 4.47. The number of hydroxylamine groups is 1. The Labute approximate surface area is 85.7 Å². The summed E-state index contributed by atoms with van der Waals surface area (Å²) in [6, 6.07) is 2.48. The van der Waals surface area contributed by atoms with Crippen molar-refractivity contribution in [2.45, 2.75) is 40.2 Å². The average molecular weight is 194 g/mol. The zero-order valence-electron chi connectivity index (χ0n) is 9.29. The van der Waals surface area contributed by atoms with Crippen LogP contribution in [0.15, 0.2) is 11.3 Å². The first kappa shape index (κ1) is 11.1. The number of nitrogens with zero attached hydrogens (tertiary/aromatic N) is 1. The lowest BCUT2D eigenvalue weighted by Crippen LogP contribution is -2.25. The van der Waals surface area contributed by atoms with Gasteiger partial charge in [0.1, 0.15) is 5.76 Å². The van der Waals surface area contributed by atoms with E-state index in [0.29, 0.717) is 18.3 Å². The summed E-state index contributed by atoms with van der Waals surface area (Å²) in [6.45, 7) is 8.32. The molecular formula is C11H18N2O. The van der Waals surface area contributed by atoms with Crippen LogP contribution < -0.4 is 5.48 Å². The second-order valence-electron chi connectivity index (χ2n) is 4.17. The van der Waals surface area contributed by atoms with Crippen molar-refractivity contribution >= 4 is 0 Å². The van der Waals surface area contributed by atoms with Crippen LogP contribution in [0.4, 0.5) is 0 Å². The largest absolute Gasteiger partial charge is 0.413 e. The molecule has 3 nitrogen and oxygen atoms in total. The van der Waals surface area contributed by atoms with Gasteiger partial charge in [-0.25, -0.2) is 0 Å². The Morgan fingerprint density at radius 2 is 2.21 bits per heavy atom. The molecule has 0 fully saturated rings. The molecule has 78 valence electrons. The Bertz CT molecular complexity index is 276.